The predicted octanol–water partition coefficient (Wildman–Crippen LogP) is 5.93. The summed E-state index contributed by atoms with van der Waals surface area (Å²) in [6.07, 6.45) is 5.31. The molecule has 4 fully saturated rings. The Labute approximate surface area is 247 Å². The average Bonchev–Trinajstić information content (AvgIpc) is 3.19. The molecule has 0 N–H and O–H groups in total. The van der Waals surface area contributed by atoms with Crippen molar-refractivity contribution in [3.63, 3.8) is 0 Å². The van der Waals surface area contributed by atoms with E-state index in [4.69, 9.17) is 23.9 Å². The van der Waals surface area contributed by atoms with E-state index in [0.29, 0.717) is 38.7 Å². The molecule has 4 aliphatic rings. The summed E-state index contributed by atoms with van der Waals surface area (Å²) in [6, 6.07) is 4.34. The van der Waals surface area contributed by atoms with Crippen LogP contribution in [0, 0.1) is 5.41 Å². The maximum Gasteiger partial charge on any atom is 0.410 e. The zero-order chi connectivity index (χ0) is 28.5. The molecular formula is C30H37BrFN5O4. The lowest BCUT2D eigenvalue weighted by atomic mass is 10.1. The number of fused-ring (bicyclic) bond motifs is 5. The monoisotopic (exact) mass is 629 g/mol. The van der Waals surface area contributed by atoms with Crippen molar-refractivity contribution in [2.24, 2.45) is 5.41 Å². The first-order chi connectivity index (χ1) is 19.6. The van der Waals surface area contributed by atoms with Crippen LogP contribution in [0.2, 0.25) is 0 Å². The van der Waals surface area contributed by atoms with E-state index in [2.05, 4.69) is 25.7 Å². The van der Waals surface area contributed by atoms with Crippen molar-refractivity contribution in [2.45, 2.75) is 76.7 Å². The Morgan fingerprint density at radius 1 is 1.17 bits per heavy atom. The Kier molecular flexibility index (Phi) is 6.61. The average molecular weight is 631 g/mol. The Balaban J connectivity index is 1.19. The maximum absolute atomic E-state index is 13.8. The van der Waals surface area contributed by atoms with Crippen LogP contribution in [0.15, 0.2) is 27.3 Å². The summed E-state index contributed by atoms with van der Waals surface area (Å²) >= 11 is 3.68. The topological polar surface area (TPSA) is 84.2 Å². The molecule has 7 rings (SSSR count). The molecule has 11 heteroatoms. The van der Waals surface area contributed by atoms with Crippen LogP contribution in [0.4, 0.5) is 15.0 Å². The van der Waals surface area contributed by atoms with Gasteiger partial charge in [-0.25, -0.2) is 9.18 Å². The van der Waals surface area contributed by atoms with E-state index in [1.165, 1.54) is 0 Å². The highest BCUT2D eigenvalue weighted by Gasteiger charge is 2.47. The number of nitrogens with zero attached hydrogens (tertiary/aromatic N) is 5. The Hall–Kier alpha value is -2.66. The zero-order valence-corrected chi connectivity index (χ0v) is 25.5. The molecule has 41 heavy (non-hydrogen) atoms. The number of likely N-dealkylation sites (tertiary alicyclic amines) is 1. The van der Waals surface area contributed by atoms with Gasteiger partial charge in [-0.15, -0.1) is 0 Å². The highest BCUT2D eigenvalue weighted by molar-refractivity contribution is 9.10. The molecule has 3 saturated heterocycles. The van der Waals surface area contributed by atoms with Gasteiger partial charge in [-0.1, -0.05) is 0 Å². The van der Waals surface area contributed by atoms with Crippen LogP contribution in [0.5, 0.6) is 6.01 Å². The van der Waals surface area contributed by atoms with Crippen LogP contribution in [0.25, 0.3) is 21.9 Å². The summed E-state index contributed by atoms with van der Waals surface area (Å²) in [6.45, 7) is 9.67. The standard InChI is InChI=1S/C30H37BrFN5O4/c1-29(2,3)41-28(38)37-19-4-5-20(37)15-36(14-19)26-24-23(12-22(31)21-7-11-39-25(21)24)33-27(34-26)40-17-30(8-9-30)16-35-10-6-18(32)13-35/h7,11-12,18-20H,4-6,8-10,13-17H2,1-3H3/t18-,19?,20?/m1/s1. The number of carbonyl (C=O) groups is 1. The van der Waals surface area contributed by atoms with Crippen molar-refractivity contribution in [2.75, 3.05) is 44.2 Å². The second-order valence-electron chi connectivity index (χ2n) is 13.3. The number of rotatable bonds is 6. The summed E-state index contributed by atoms with van der Waals surface area (Å²) in [4.78, 5) is 29.3. The van der Waals surface area contributed by atoms with Crippen molar-refractivity contribution in [3.8, 4) is 6.01 Å². The number of hydrogen-bond donors (Lipinski definition) is 0. The molecule has 0 radical (unpaired) electrons. The molecule has 2 unspecified atom stereocenters. The molecule has 9 nitrogen and oxygen atoms in total. The molecule has 1 aliphatic carbocycles. The first-order valence-electron chi connectivity index (χ1n) is 14.7. The quantitative estimate of drug-likeness (QED) is 0.332. The molecule has 3 aliphatic heterocycles. The Bertz CT molecular complexity index is 1470. The molecule has 1 amide bonds. The number of halogens is 2. The van der Waals surface area contributed by atoms with E-state index in [1.807, 2.05) is 37.8 Å². The molecule has 0 spiro atoms. The minimum Gasteiger partial charge on any atom is -0.463 e. The van der Waals surface area contributed by atoms with E-state index in [9.17, 15) is 9.18 Å². The fourth-order valence-electron chi connectivity index (χ4n) is 6.78. The van der Waals surface area contributed by atoms with Gasteiger partial charge >= 0.3 is 12.1 Å². The molecule has 3 aromatic rings. The van der Waals surface area contributed by atoms with E-state index in [0.717, 1.165) is 70.9 Å². The highest BCUT2D eigenvalue weighted by atomic mass is 79.9. The lowest BCUT2D eigenvalue weighted by molar-refractivity contribution is 0.0122. The van der Waals surface area contributed by atoms with Crippen LogP contribution in [-0.4, -0.2) is 89.0 Å². The fourth-order valence-corrected chi connectivity index (χ4v) is 7.31. The van der Waals surface area contributed by atoms with Crippen LogP contribution < -0.4 is 9.64 Å². The first kappa shape index (κ1) is 27.2. The number of piperazine rings is 1. The summed E-state index contributed by atoms with van der Waals surface area (Å²) in [5, 5.41) is 1.80. The number of amides is 1. The van der Waals surface area contributed by atoms with Crippen molar-refractivity contribution >= 4 is 49.7 Å². The van der Waals surface area contributed by atoms with Gasteiger partial charge in [-0.3, -0.25) is 9.80 Å². The Morgan fingerprint density at radius 3 is 2.59 bits per heavy atom. The SMILES string of the molecule is CC(C)(C)OC(=O)N1C2CCC1CN(c1nc(OCC3(CN4CC[C@@H](F)C4)CC3)nc3cc(Br)c4ccoc4c13)C2. The van der Waals surface area contributed by atoms with Gasteiger partial charge in [0.1, 0.15) is 23.2 Å². The number of aromatic nitrogens is 2. The summed E-state index contributed by atoms with van der Waals surface area (Å²) in [5.74, 6) is 0.767. The van der Waals surface area contributed by atoms with E-state index < -0.39 is 11.8 Å². The molecule has 3 atom stereocenters. The second-order valence-corrected chi connectivity index (χ2v) is 14.2. The molecule has 1 saturated carbocycles. The number of alkyl halides is 1. The van der Waals surface area contributed by atoms with Crippen molar-refractivity contribution in [1.29, 1.82) is 0 Å². The first-order valence-corrected chi connectivity index (χ1v) is 15.5. The lowest BCUT2D eigenvalue weighted by Gasteiger charge is -2.42. The number of anilines is 1. The van der Waals surface area contributed by atoms with Crippen LogP contribution in [0.3, 0.4) is 0 Å². The van der Waals surface area contributed by atoms with Gasteiger partial charge in [0.2, 0.25) is 0 Å². The fraction of sp³-hybridized carbons (Fsp3) is 0.633. The van der Waals surface area contributed by atoms with E-state index in [-0.39, 0.29) is 23.6 Å². The number of furan rings is 1. The van der Waals surface area contributed by atoms with Crippen molar-refractivity contribution < 1.29 is 23.1 Å². The lowest BCUT2D eigenvalue weighted by Crippen LogP contribution is -2.57. The smallest absolute Gasteiger partial charge is 0.410 e. The number of carbonyl (C=O) groups excluding carboxylic acids is 1. The summed E-state index contributed by atoms with van der Waals surface area (Å²) < 4.78 is 32.7. The minimum atomic E-state index is -0.721. The third kappa shape index (κ3) is 5.24. The van der Waals surface area contributed by atoms with Gasteiger partial charge in [-0.2, -0.15) is 9.97 Å². The van der Waals surface area contributed by atoms with Crippen molar-refractivity contribution in [1.82, 2.24) is 19.8 Å². The molecule has 2 aromatic heterocycles. The summed E-state index contributed by atoms with van der Waals surface area (Å²) in [7, 11) is 0. The molecule has 5 heterocycles. The van der Waals surface area contributed by atoms with Crippen molar-refractivity contribution in [3.05, 3.63) is 22.9 Å². The molecular weight excluding hydrogens is 593 g/mol. The number of hydrogen-bond acceptors (Lipinski definition) is 8. The summed E-state index contributed by atoms with van der Waals surface area (Å²) in [5.41, 5.74) is 0.964. The third-order valence-corrected chi connectivity index (χ3v) is 9.59. The highest BCUT2D eigenvalue weighted by Crippen LogP contribution is 2.47. The Morgan fingerprint density at radius 2 is 1.93 bits per heavy atom. The molecule has 220 valence electrons. The molecule has 1 aromatic carbocycles. The van der Waals surface area contributed by atoms with Gasteiger partial charge in [-0.05, 0) is 80.9 Å². The minimum absolute atomic E-state index is 0.0340. The third-order valence-electron chi connectivity index (χ3n) is 8.93. The van der Waals surface area contributed by atoms with Crippen LogP contribution in [-0.2, 0) is 4.74 Å². The largest absolute Gasteiger partial charge is 0.463 e. The number of ether oxygens (including phenoxy) is 2. The second kappa shape index (κ2) is 9.97. The zero-order valence-electron chi connectivity index (χ0n) is 23.9. The number of benzene rings is 1. The van der Waals surface area contributed by atoms with Crippen LogP contribution >= 0.6 is 15.9 Å². The normalized spacial score (nSPS) is 25.8. The van der Waals surface area contributed by atoms with Gasteiger partial charge in [0, 0.05) is 48.0 Å². The molecule has 2 bridgehead atoms. The van der Waals surface area contributed by atoms with E-state index >= 15 is 0 Å². The van der Waals surface area contributed by atoms with Crippen LogP contribution in [0.1, 0.15) is 52.9 Å². The maximum atomic E-state index is 13.8. The predicted molar refractivity (Wildman–Crippen MR) is 157 cm³/mol. The van der Waals surface area contributed by atoms with Gasteiger partial charge in [0.15, 0.2) is 0 Å². The van der Waals surface area contributed by atoms with E-state index in [1.54, 1.807) is 6.26 Å². The van der Waals surface area contributed by atoms with Gasteiger partial charge < -0.3 is 18.8 Å². The van der Waals surface area contributed by atoms with Gasteiger partial charge in [0.25, 0.3) is 0 Å². The van der Waals surface area contributed by atoms with Gasteiger partial charge in [0.05, 0.1) is 35.9 Å².